The van der Waals surface area contributed by atoms with Gasteiger partial charge in [-0.2, -0.15) is 0 Å². The number of aliphatic hydroxyl groups excluding tert-OH is 2. The molecule has 13 atom stereocenters. The highest BCUT2D eigenvalue weighted by atomic mass is 16.3. The largest absolute Gasteiger partial charge is 0.394 e. The highest BCUT2D eigenvalue weighted by molar-refractivity contribution is 6.00. The lowest BCUT2D eigenvalue weighted by molar-refractivity contribution is -0.157. The molecule has 1 saturated heterocycles. The van der Waals surface area contributed by atoms with E-state index in [1.807, 2.05) is 41.5 Å². The van der Waals surface area contributed by atoms with Crippen LogP contribution < -0.4 is 21.3 Å². The minimum atomic E-state index is -1.70. The second-order valence-electron chi connectivity index (χ2n) is 26.9. The van der Waals surface area contributed by atoms with Crippen molar-refractivity contribution in [2.24, 2.45) is 35.5 Å². The van der Waals surface area contributed by atoms with Gasteiger partial charge in [-0.25, -0.2) is 0 Å². The Labute approximate surface area is 524 Å². The third kappa shape index (κ3) is 21.8. The molecule has 1 unspecified atom stereocenters. The first kappa shape index (κ1) is 79.8. The monoisotopic (exact) mass is 1250 g/mol. The molecule has 0 spiro atoms. The predicted octanol–water partition coefficient (Wildman–Crippen LogP) is 1.74. The fourth-order valence-electron chi connectivity index (χ4n) is 11.0. The zero-order valence-electron chi connectivity index (χ0n) is 57.5. The van der Waals surface area contributed by atoms with Crippen molar-refractivity contribution in [2.75, 3.05) is 55.9 Å². The van der Waals surface area contributed by atoms with Crippen molar-refractivity contribution >= 4 is 65.0 Å². The molecular formula is C63H113N11O14. The Bertz CT molecular complexity index is 2430. The SMILES string of the molecule is C/C=C/C[C@@H](C)[C@@H](O)C1C(=O)N[C@@H](CC)C(=O)N(C)[C@@H](CO)C(=O)N(C)[C@@H](CC(C)(C)O)C(=O)N[C@@H](C(C)C)C(=O)N(C)[C@@H](CC(C)C)C(=O)N[C@@H](C)C(=O)N[C@H](C)C(=O)N(C)[C@@H](CC(C)C)C(=O)N(C)[C@@H](CC(C)C)C(=O)N(C)[C@@H](C(C)C)C(=O)N1C. The van der Waals surface area contributed by atoms with E-state index in [0.717, 1.165) is 19.6 Å². The maximum Gasteiger partial charge on any atom is 0.248 e. The molecule has 25 nitrogen and oxygen atoms in total. The topological polar surface area (TPSA) is 319 Å². The van der Waals surface area contributed by atoms with Crippen LogP contribution in [0, 0.1) is 35.5 Å². The van der Waals surface area contributed by atoms with E-state index in [0.29, 0.717) is 0 Å². The van der Waals surface area contributed by atoms with Gasteiger partial charge in [0.1, 0.15) is 66.5 Å². The van der Waals surface area contributed by atoms with Crippen LogP contribution >= 0.6 is 0 Å². The van der Waals surface area contributed by atoms with Gasteiger partial charge in [-0.3, -0.25) is 52.7 Å². The summed E-state index contributed by atoms with van der Waals surface area (Å²) < 4.78 is 0. The van der Waals surface area contributed by atoms with Gasteiger partial charge in [0.15, 0.2) is 0 Å². The number of nitrogens with zero attached hydrogens (tertiary/aromatic N) is 7. The Kier molecular flexibility index (Phi) is 32.0. The fourth-order valence-corrected chi connectivity index (χ4v) is 11.0. The van der Waals surface area contributed by atoms with Gasteiger partial charge in [0, 0.05) is 55.8 Å². The Morgan fingerprint density at radius 3 is 1.33 bits per heavy atom. The number of rotatable bonds is 16. The lowest BCUT2D eigenvalue weighted by Gasteiger charge is -2.41. The second kappa shape index (κ2) is 35.3. The second-order valence-corrected chi connectivity index (χ2v) is 26.9. The third-order valence-corrected chi connectivity index (χ3v) is 16.6. The first-order valence-corrected chi connectivity index (χ1v) is 31.2. The van der Waals surface area contributed by atoms with Crippen molar-refractivity contribution in [3.8, 4) is 0 Å². The maximum atomic E-state index is 15.2. The van der Waals surface area contributed by atoms with Gasteiger partial charge in [0.25, 0.3) is 0 Å². The smallest absolute Gasteiger partial charge is 0.248 e. The van der Waals surface area contributed by atoms with Gasteiger partial charge >= 0.3 is 0 Å². The number of aliphatic hydroxyl groups is 3. The molecule has 0 radical (unpaired) electrons. The Hall–Kier alpha value is -6.21. The van der Waals surface area contributed by atoms with E-state index < -0.39 is 174 Å². The van der Waals surface area contributed by atoms with Crippen LogP contribution in [0.25, 0.3) is 0 Å². The normalized spacial score (nSPS) is 27.4. The van der Waals surface area contributed by atoms with Gasteiger partial charge in [0.2, 0.25) is 65.0 Å². The fraction of sp³-hybridized carbons (Fsp3) is 0.794. The number of nitrogens with one attached hydrogen (secondary N) is 4. The van der Waals surface area contributed by atoms with Gasteiger partial charge in [-0.15, -0.1) is 0 Å². The molecule has 0 saturated carbocycles. The van der Waals surface area contributed by atoms with Gasteiger partial charge in [-0.1, -0.05) is 95.2 Å². The molecule has 7 N–H and O–H groups in total. The molecule has 1 aliphatic rings. The number of hydrogen-bond donors (Lipinski definition) is 7. The lowest BCUT2D eigenvalue weighted by Crippen LogP contribution is -2.64. The molecule has 88 heavy (non-hydrogen) atoms. The molecular weight excluding hydrogens is 1130 g/mol. The Morgan fingerprint density at radius 2 is 0.886 bits per heavy atom. The minimum Gasteiger partial charge on any atom is -0.394 e. The Balaban J connectivity index is 4.45. The molecule has 0 aromatic carbocycles. The third-order valence-electron chi connectivity index (χ3n) is 16.6. The standard InChI is InChI=1S/C63H113N11O14/c1-25-27-28-39(13)51(76)50-55(80)66-42(26-2)57(82)72(22)47(33-75)60(85)71(21)46(32-63(16,17)88)54(79)67-48(37(9)10)61(86)68(18)43(29-34(3)4)53(78)64-40(14)52(77)65-41(15)56(81)69(19)44(30-35(5)6)58(83)70(20)45(31-36(7)8)59(84)73(23)49(38(11)12)62(87)74(50)24/h25,27,34-51,75-76,88H,26,28-33H2,1-24H3,(H,64,78)(H,65,77)(H,66,80)(H,67,79)/b27-25+/t39-,40+,41-,42+,43+,44+,45+,46+,47+,48+,49+,50?,51-/m1/s1. The van der Waals surface area contributed by atoms with Crippen molar-refractivity contribution in [1.82, 2.24) is 55.6 Å². The zero-order chi connectivity index (χ0) is 68.5. The summed E-state index contributed by atoms with van der Waals surface area (Å²) in [7, 11) is 9.40. The van der Waals surface area contributed by atoms with E-state index in [1.165, 1.54) is 91.7 Å². The van der Waals surface area contributed by atoms with Crippen LogP contribution in [-0.4, -0.2) is 249 Å². The molecule has 0 aromatic heterocycles. The quantitative estimate of drug-likeness (QED) is 0.108. The first-order valence-electron chi connectivity index (χ1n) is 31.2. The summed E-state index contributed by atoms with van der Waals surface area (Å²) in [6, 6.07) is -15.1. The molecule has 1 rings (SSSR count). The number of amides is 11. The van der Waals surface area contributed by atoms with E-state index in [2.05, 4.69) is 21.3 Å². The summed E-state index contributed by atoms with van der Waals surface area (Å²) >= 11 is 0. The zero-order valence-corrected chi connectivity index (χ0v) is 57.5. The van der Waals surface area contributed by atoms with Crippen molar-refractivity contribution in [3.63, 3.8) is 0 Å². The van der Waals surface area contributed by atoms with Crippen molar-refractivity contribution in [2.45, 2.75) is 234 Å². The number of hydrogen-bond acceptors (Lipinski definition) is 14. The van der Waals surface area contributed by atoms with Crippen LogP contribution in [0.1, 0.15) is 156 Å². The lowest BCUT2D eigenvalue weighted by atomic mass is 9.91. The van der Waals surface area contributed by atoms with Crippen LogP contribution in [0.4, 0.5) is 0 Å². The van der Waals surface area contributed by atoms with Gasteiger partial charge < -0.3 is 70.9 Å². The molecule has 0 bridgehead atoms. The van der Waals surface area contributed by atoms with Crippen LogP contribution in [0.5, 0.6) is 0 Å². The van der Waals surface area contributed by atoms with E-state index >= 15 is 9.59 Å². The van der Waals surface area contributed by atoms with Crippen molar-refractivity contribution < 1.29 is 68.1 Å². The molecule has 0 aromatic rings. The molecule has 1 heterocycles. The molecule has 504 valence electrons. The van der Waals surface area contributed by atoms with Gasteiger partial charge in [-0.05, 0) is 102 Å². The minimum absolute atomic E-state index is 0.0987. The van der Waals surface area contributed by atoms with Crippen LogP contribution in [0.2, 0.25) is 0 Å². The number of likely N-dealkylation sites (N-methyl/N-ethyl adjacent to an activating group) is 7. The van der Waals surface area contributed by atoms with E-state index in [1.54, 1.807) is 60.6 Å². The van der Waals surface area contributed by atoms with Crippen LogP contribution in [-0.2, 0) is 52.7 Å². The van der Waals surface area contributed by atoms with E-state index in [4.69, 9.17) is 0 Å². The summed E-state index contributed by atoms with van der Waals surface area (Å²) in [4.78, 5) is 169. The number of carbonyl (C=O) groups is 11. The summed E-state index contributed by atoms with van der Waals surface area (Å²) in [6.07, 6.45) is 2.07. The highest BCUT2D eigenvalue weighted by Gasteiger charge is 2.46. The number of allylic oxidation sites excluding steroid dienone is 2. The van der Waals surface area contributed by atoms with E-state index in [-0.39, 0.29) is 49.9 Å². The van der Waals surface area contributed by atoms with Crippen molar-refractivity contribution in [3.05, 3.63) is 12.2 Å². The summed E-state index contributed by atoms with van der Waals surface area (Å²) in [5.41, 5.74) is -1.62. The van der Waals surface area contributed by atoms with Crippen LogP contribution in [0.15, 0.2) is 12.2 Å². The summed E-state index contributed by atoms with van der Waals surface area (Å²) in [5.74, 6) is -11.1. The maximum absolute atomic E-state index is 15.2. The highest BCUT2D eigenvalue weighted by Crippen LogP contribution is 2.26. The predicted molar refractivity (Wildman–Crippen MR) is 336 cm³/mol. The van der Waals surface area contributed by atoms with E-state index in [9.17, 15) is 58.5 Å². The molecule has 0 aliphatic carbocycles. The van der Waals surface area contributed by atoms with Crippen molar-refractivity contribution in [1.29, 1.82) is 0 Å². The average molecular weight is 1250 g/mol. The Morgan fingerprint density at radius 1 is 0.477 bits per heavy atom. The first-order chi connectivity index (χ1) is 40.5. The summed E-state index contributed by atoms with van der Waals surface area (Å²) in [5, 5.41) is 44.9. The summed E-state index contributed by atoms with van der Waals surface area (Å²) in [6.45, 7) is 27.4. The van der Waals surface area contributed by atoms with Crippen LogP contribution in [0.3, 0.4) is 0 Å². The average Bonchev–Trinajstić information content (AvgIpc) is 2.21. The van der Waals surface area contributed by atoms with Gasteiger partial charge in [0.05, 0.1) is 18.3 Å². The molecule has 1 aliphatic heterocycles. The number of carbonyl (C=O) groups excluding carboxylic acids is 11. The molecule has 25 heteroatoms. The molecule has 1 fully saturated rings. The molecule has 11 amide bonds.